The van der Waals surface area contributed by atoms with E-state index in [0.717, 1.165) is 30.8 Å². The summed E-state index contributed by atoms with van der Waals surface area (Å²) in [6, 6.07) is 7.66. The third-order valence-electron chi connectivity index (χ3n) is 2.65. The van der Waals surface area contributed by atoms with Gasteiger partial charge in [0.2, 0.25) is 5.91 Å². The SMILES string of the molecule is CCCNCCNC(=O)Cc1ccc(OCC)cc1. The Morgan fingerprint density at radius 1 is 1.11 bits per heavy atom. The summed E-state index contributed by atoms with van der Waals surface area (Å²) in [5, 5.41) is 6.14. The topological polar surface area (TPSA) is 50.4 Å². The largest absolute Gasteiger partial charge is 0.494 e. The van der Waals surface area contributed by atoms with Crippen LogP contribution in [0.3, 0.4) is 0 Å². The first-order valence-corrected chi connectivity index (χ1v) is 6.95. The second kappa shape index (κ2) is 9.39. The van der Waals surface area contributed by atoms with Crippen molar-refractivity contribution in [2.75, 3.05) is 26.2 Å². The molecule has 1 rings (SSSR count). The number of ether oxygens (including phenoxy) is 1. The van der Waals surface area contributed by atoms with Gasteiger partial charge in [0.25, 0.3) is 0 Å². The highest BCUT2D eigenvalue weighted by molar-refractivity contribution is 5.78. The second-order valence-corrected chi connectivity index (χ2v) is 4.35. The van der Waals surface area contributed by atoms with Crippen molar-refractivity contribution in [3.05, 3.63) is 29.8 Å². The van der Waals surface area contributed by atoms with Crippen LogP contribution in [0, 0.1) is 0 Å². The summed E-state index contributed by atoms with van der Waals surface area (Å²) in [5.74, 6) is 0.901. The molecule has 2 N–H and O–H groups in total. The van der Waals surface area contributed by atoms with Crippen molar-refractivity contribution in [2.45, 2.75) is 26.7 Å². The number of nitrogens with one attached hydrogen (secondary N) is 2. The Hall–Kier alpha value is -1.55. The van der Waals surface area contributed by atoms with E-state index in [1.807, 2.05) is 31.2 Å². The lowest BCUT2D eigenvalue weighted by atomic mass is 10.1. The van der Waals surface area contributed by atoms with Gasteiger partial charge in [0.15, 0.2) is 0 Å². The Labute approximate surface area is 115 Å². The van der Waals surface area contributed by atoms with Gasteiger partial charge in [-0.05, 0) is 37.6 Å². The van der Waals surface area contributed by atoms with E-state index < -0.39 is 0 Å². The van der Waals surface area contributed by atoms with E-state index in [1.54, 1.807) is 0 Å². The molecule has 0 aliphatic heterocycles. The summed E-state index contributed by atoms with van der Waals surface area (Å²) >= 11 is 0. The number of rotatable bonds is 9. The smallest absolute Gasteiger partial charge is 0.224 e. The Morgan fingerprint density at radius 3 is 2.47 bits per heavy atom. The number of carbonyl (C=O) groups excluding carboxylic acids is 1. The molecule has 4 nitrogen and oxygen atoms in total. The van der Waals surface area contributed by atoms with Crippen molar-refractivity contribution >= 4 is 5.91 Å². The maximum atomic E-state index is 11.7. The van der Waals surface area contributed by atoms with Gasteiger partial charge in [0.05, 0.1) is 13.0 Å². The first kappa shape index (κ1) is 15.5. The minimum absolute atomic E-state index is 0.0578. The van der Waals surface area contributed by atoms with Crippen LogP contribution in [0.2, 0.25) is 0 Å². The second-order valence-electron chi connectivity index (χ2n) is 4.35. The lowest BCUT2D eigenvalue weighted by molar-refractivity contribution is -0.120. The molecule has 0 unspecified atom stereocenters. The van der Waals surface area contributed by atoms with Gasteiger partial charge in [-0.3, -0.25) is 4.79 Å². The number of carbonyl (C=O) groups is 1. The van der Waals surface area contributed by atoms with Gasteiger partial charge in [-0.1, -0.05) is 19.1 Å². The molecule has 0 aromatic heterocycles. The molecule has 0 aliphatic carbocycles. The zero-order valence-corrected chi connectivity index (χ0v) is 11.9. The molecule has 106 valence electrons. The summed E-state index contributed by atoms with van der Waals surface area (Å²) in [4.78, 5) is 11.7. The van der Waals surface area contributed by atoms with Crippen LogP contribution in [0.15, 0.2) is 24.3 Å². The maximum Gasteiger partial charge on any atom is 0.224 e. The first-order chi connectivity index (χ1) is 9.26. The van der Waals surface area contributed by atoms with Crippen LogP contribution >= 0.6 is 0 Å². The minimum atomic E-state index is 0.0578. The van der Waals surface area contributed by atoms with Crippen LogP contribution in [-0.2, 0) is 11.2 Å². The van der Waals surface area contributed by atoms with Gasteiger partial charge < -0.3 is 15.4 Å². The molecule has 0 saturated heterocycles. The van der Waals surface area contributed by atoms with Crippen molar-refractivity contribution in [1.82, 2.24) is 10.6 Å². The zero-order chi connectivity index (χ0) is 13.9. The van der Waals surface area contributed by atoms with Gasteiger partial charge in [-0.2, -0.15) is 0 Å². The molecule has 0 radical (unpaired) electrons. The molecule has 0 heterocycles. The lowest BCUT2D eigenvalue weighted by Crippen LogP contribution is -2.32. The van der Waals surface area contributed by atoms with E-state index in [9.17, 15) is 4.79 Å². The highest BCUT2D eigenvalue weighted by Gasteiger charge is 2.02. The normalized spacial score (nSPS) is 10.2. The molecule has 0 aliphatic rings. The summed E-state index contributed by atoms with van der Waals surface area (Å²) < 4.78 is 5.36. The van der Waals surface area contributed by atoms with E-state index in [1.165, 1.54) is 0 Å². The number of amides is 1. The molecule has 1 aromatic carbocycles. The fraction of sp³-hybridized carbons (Fsp3) is 0.533. The quantitative estimate of drug-likeness (QED) is 0.668. The predicted molar refractivity (Wildman–Crippen MR) is 77.5 cm³/mol. The average Bonchev–Trinajstić information content (AvgIpc) is 2.41. The number of benzene rings is 1. The van der Waals surface area contributed by atoms with E-state index in [2.05, 4.69) is 17.6 Å². The summed E-state index contributed by atoms with van der Waals surface area (Å²) in [7, 11) is 0. The summed E-state index contributed by atoms with van der Waals surface area (Å²) in [6.45, 7) is 7.23. The molecular weight excluding hydrogens is 240 g/mol. The van der Waals surface area contributed by atoms with Crippen LogP contribution in [0.1, 0.15) is 25.8 Å². The average molecular weight is 264 g/mol. The van der Waals surface area contributed by atoms with Crippen LogP contribution < -0.4 is 15.4 Å². The first-order valence-electron chi connectivity index (χ1n) is 6.95. The lowest BCUT2D eigenvalue weighted by Gasteiger charge is -2.07. The summed E-state index contributed by atoms with van der Waals surface area (Å²) in [6.07, 6.45) is 1.53. The molecular formula is C15H24N2O2. The molecule has 0 fully saturated rings. The van der Waals surface area contributed by atoms with Crippen molar-refractivity contribution in [3.8, 4) is 5.75 Å². The minimum Gasteiger partial charge on any atom is -0.494 e. The molecule has 1 aromatic rings. The standard InChI is InChI=1S/C15H24N2O2/c1-3-9-16-10-11-17-15(18)12-13-5-7-14(8-6-13)19-4-2/h5-8,16H,3-4,9-12H2,1-2H3,(H,17,18). The van der Waals surface area contributed by atoms with E-state index in [-0.39, 0.29) is 5.91 Å². The van der Waals surface area contributed by atoms with Gasteiger partial charge in [-0.15, -0.1) is 0 Å². The van der Waals surface area contributed by atoms with Crippen LogP contribution in [0.4, 0.5) is 0 Å². The highest BCUT2D eigenvalue weighted by Crippen LogP contribution is 2.12. The molecule has 4 heteroatoms. The summed E-state index contributed by atoms with van der Waals surface area (Å²) in [5.41, 5.74) is 1.00. The van der Waals surface area contributed by atoms with Gasteiger partial charge in [0, 0.05) is 13.1 Å². The Balaban J connectivity index is 2.24. The fourth-order valence-electron chi connectivity index (χ4n) is 1.71. The highest BCUT2D eigenvalue weighted by atomic mass is 16.5. The van der Waals surface area contributed by atoms with Crippen molar-refractivity contribution in [1.29, 1.82) is 0 Å². The van der Waals surface area contributed by atoms with Crippen LogP contribution in [0.5, 0.6) is 5.75 Å². The monoisotopic (exact) mass is 264 g/mol. The van der Waals surface area contributed by atoms with E-state index in [4.69, 9.17) is 4.74 Å². The van der Waals surface area contributed by atoms with E-state index >= 15 is 0 Å². The molecule has 19 heavy (non-hydrogen) atoms. The third-order valence-corrected chi connectivity index (χ3v) is 2.65. The molecule has 0 saturated carbocycles. The predicted octanol–water partition coefficient (Wildman–Crippen LogP) is 1.74. The maximum absolute atomic E-state index is 11.7. The Bertz CT molecular complexity index is 363. The third kappa shape index (κ3) is 6.82. The van der Waals surface area contributed by atoms with Gasteiger partial charge in [0.1, 0.15) is 5.75 Å². The Morgan fingerprint density at radius 2 is 1.84 bits per heavy atom. The molecule has 1 amide bonds. The Kier molecular flexibility index (Phi) is 7.66. The molecule has 0 bridgehead atoms. The van der Waals surface area contributed by atoms with Crippen molar-refractivity contribution < 1.29 is 9.53 Å². The molecule has 0 spiro atoms. The zero-order valence-electron chi connectivity index (χ0n) is 11.9. The van der Waals surface area contributed by atoms with Gasteiger partial charge >= 0.3 is 0 Å². The van der Waals surface area contributed by atoms with Crippen molar-refractivity contribution in [3.63, 3.8) is 0 Å². The van der Waals surface area contributed by atoms with Crippen molar-refractivity contribution in [2.24, 2.45) is 0 Å². The number of hydrogen-bond acceptors (Lipinski definition) is 3. The van der Waals surface area contributed by atoms with Gasteiger partial charge in [-0.25, -0.2) is 0 Å². The van der Waals surface area contributed by atoms with E-state index in [0.29, 0.717) is 19.6 Å². The van der Waals surface area contributed by atoms with Crippen LogP contribution in [-0.4, -0.2) is 32.1 Å². The fourth-order valence-corrected chi connectivity index (χ4v) is 1.71. The molecule has 0 atom stereocenters. The number of hydrogen-bond donors (Lipinski definition) is 2. The van der Waals surface area contributed by atoms with Crippen LogP contribution in [0.25, 0.3) is 0 Å².